The fraction of sp³-hybridized carbons (Fsp3) is 1.00. The molecule has 0 aliphatic carbocycles. The topological polar surface area (TPSA) is 55.4 Å². The van der Waals surface area contributed by atoms with Crippen molar-refractivity contribution in [2.45, 2.75) is 18.4 Å². The molecule has 0 bridgehead atoms. The SMILES string of the molecule is CS(=O)(=O)NC1(CCl)CCOCC1. The average Bonchev–Trinajstić information content (AvgIpc) is 2.03. The molecule has 0 aromatic rings. The van der Waals surface area contributed by atoms with Crippen LogP contribution in [-0.4, -0.2) is 39.3 Å². The number of sulfonamides is 1. The average molecular weight is 228 g/mol. The van der Waals surface area contributed by atoms with E-state index in [0.717, 1.165) is 6.26 Å². The standard InChI is InChI=1S/C7H14ClNO3S/c1-13(10,11)9-7(6-8)2-4-12-5-3-7/h9H,2-6H2,1H3. The van der Waals surface area contributed by atoms with Crippen LogP contribution < -0.4 is 4.72 Å². The molecule has 6 heteroatoms. The van der Waals surface area contributed by atoms with Gasteiger partial charge in [0.1, 0.15) is 0 Å². The quantitative estimate of drug-likeness (QED) is 0.707. The molecule has 0 aromatic heterocycles. The maximum atomic E-state index is 11.1. The van der Waals surface area contributed by atoms with Gasteiger partial charge in [0, 0.05) is 19.1 Å². The van der Waals surface area contributed by atoms with Gasteiger partial charge >= 0.3 is 0 Å². The van der Waals surface area contributed by atoms with E-state index in [2.05, 4.69) is 4.72 Å². The summed E-state index contributed by atoms with van der Waals surface area (Å²) in [6, 6.07) is 0. The Kier molecular flexibility index (Phi) is 3.57. The van der Waals surface area contributed by atoms with Crippen LogP contribution in [0.15, 0.2) is 0 Å². The lowest BCUT2D eigenvalue weighted by atomic mass is 9.94. The number of nitrogens with one attached hydrogen (secondary N) is 1. The van der Waals surface area contributed by atoms with Crippen molar-refractivity contribution < 1.29 is 13.2 Å². The van der Waals surface area contributed by atoms with Gasteiger partial charge in [-0.3, -0.25) is 0 Å². The Hall–Kier alpha value is 0.160. The zero-order valence-electron chi connectivity index (χ0n) is 7.55. The Labute approximate surface area is 83.7 Å². The molecule has 0 atom stereocenters. The summed E-state index contributed by atoms with van der Waals surface area (Å²) in [5.74, 6) is 0.295. The third kappa shape index (κ3) is 3.42. The fourth-order valence-electron chi connectivity index (χ4n) is 1.42. The molecule has 1 aliphatic heterocycles. The first-order chi connectivity index (χ1) is 5.97. The van der Waals surface area contributed by atoms with Gasteiger partial charge in [0.15, 0.2) is 0 Å². The van der Waals surface area contributed by atoms with E-state index in [1.54, 1.807) is 0 Å². The number of hydrogen-bond donors (Lipinski definition) is 1. The van der Waals surface area contributed by atoms with Crippen molar-refractivity contribution in [2.75, 3.05) is 25.3 Å². The molecule has 13 heavy (non-hydrogen) atoms. The molecule has 1 fully saturated rings. The lowest BCUT2D eigenvalue weighted by molar-refractivity contribution is 0.0550. The summed E-state index contributed by atoms with van der Waals surface area (Å²) in [7, 11) is -3.18. The summed E-state index contributed by atoms with van der Waals surface area (Å²) in [5.41, 5.74) is -0.493. The molecule has 0 radical (unpaired) electrons. The Morgan fingerprint density at radius 2 is 2.00 bits per heavy atom. The molecular formula is C7H14ClNO3S. The van der Waals surface area contributed by atoms with Crippen molar-refractivity contribution in [1.82, 2.24) is 4.72 Å². The highest BCUT2D eigenvalue weighted by Crippen LogP contribution is 2.22. The minimum atomic E-state index is -3.18. The van der Waals surface area contributed by atoms with Gasteiger partial charge in [-0.15, -0.1) is 11.6 Å². The molecular weight excluding hydrogens is 214 g/mol. The van der Waals surface area contributed by atoms with E-state index in [9.17, 15) is 8.42 Å². The summed E-state index contributed by atoms with van der Waals surface area (Å²) in [5, 5.41) is 0. The molecule has 4 nitrogen and oxygen atoms in total. The summed E-state index contributed by atoms with van der Waals surface area (Å²) >= 11 is 5.76. The van der Waals surface area contributed by atoms with Crippen molar-refractivity contribution in [1.29, 1.82) is 0 Å². The summed E-state index contributed by atoms with van der Waals surface area (Å²) in [6.45, 7) is 1.13. The maximum Gasteiger partial charge on any atom is 0.209 e. The monoisotopic (exact) mass is 227 g/mol. The number of alkyl halides is 1. The van der Waals surface area contributed by atoms with Gasteiger partial charge in [-0.25, -0.2) is 13.1 Å². The van der Waals surface area contributed by atoms with Crippen LogP contribution in [0, 0.1) is 0 Å². The normalized spacial score (nSPS) is 22.9. The number of hydrogen-bond acceptors (Lipinski definition) is 3. The smallest absolute Gasteiger partial charge is 0.209 e. The highest BCUT2D eigenvalue weighted by molar-refractivity contribution is 7.88. The van der Waals surface area contributed by atoms with Gasteiger partial charge in [-0.1, -0.05) is 0 Å². The van der Waals surface area contributed by atoms with Gasteiger partial charge in [0.05, 0.1) is 11.8 Å². The first-order valence-corrected chi connectivity index (χ1v) is 6.53. The Bertz CT molecular complexity index is 259. The van der Waals surface area contributed by atoms with Crippen LogP contribution in [0.25, 0.3) is 0 Å². The Balaban J connectivity index is 2.68. The van der Waals surface area contributed by atoms with E-state index in [-0.39, 0.29) is 0 Å². The fourth-order valence-corrected chi connectivity index (χ4v) is 2.89. The van der Waals surface area contributed by atoms with Gasteiger partial charge in [-0.05, 0) is 12.8 Å². The molecule has 0 amide bonds. The second-order valence-corrected chi connectivity index (χ2v) is 5.42. The third-order valence-electron chi connectivity index (χ3n) is 2.11. The molecule has 0 aromatic carbocycles. The van der Waals surface area contributed by atoms with Gasteiger partial charge in [-0.2, -0.15) is 0 Å². The summed E-state index contributed by atoms with van der Waals surface area (Å²) < 4.78 is 29.8. The van der Waals surface area contributed by atoms with Crippen LogP contribution in [0.4, 0.5) is 0 Å². The zero-order valence-corrected chi connectivity index (χ0v) is 9.12. The second kappa shape index (κ2) is 4.13. The van der Waals surface area contributed by atoms with Crippen LogP contribution in [0.2, 0.25) is 0 Å². The number of ether oxygens (including phenoxy) is 1. The highest BCUT2D eigenvalue weighted by Gasteiger charge is 2.34. The van der Waals surface area contributed by atoms with E-state index in [1.807, 2.05) is 0 Å². The third-order valence-corrected chi connectivity index (χ3v) is 3.42. The minimum Gasteiger partial charge on any atom is -0.381 e. The van der Waals surface area contributed by atoms with Gasteiger partial charge in [0.25, 0.3) is 0 Å². The maximum absolute atomic E-state index is 11.1. The molecule has 0 spiro atoms. The zero-order chi connectivity index (χ0) is 9.95. The number of rotatable bonds is 3. The molecule has 1 heterocycles. The molecule has 0 unspecified atom stereocenters. The molecule has 78 valence electrons. The van der Waals surface area contributed by atoms with Crippen LogP contribution in [0.1, 0.15) is 12.8 Å². The number of halogens is 1. The van der Waals surface area contributed by atoms with Crippen molar-refractivity contribution in [2.24, 2.45) is 0 Å². The van der Waals surface area contributed by atoms with E-state index >= 15 is 0 Å². The minimum absolute atomic E-state index is 0.295. The first-order valence-electron chi connectivity index (χ1n) is 4.10. The van der Waals surface area contributed by atoms with Crippen molar-refractivity contribution >= 4 is 21.6 Å². The van der Waals surface area contributed by atoms with Crippen LogP contribution in [0.5, 0.6) is 0 Å². The highest BCUT2D eigenvalue weighted by atomic mass is 35.5. The molecule has 1 aliphatic rings. The van der Waals surface area contributed by atoms with Crippen molar-refractivity contribution in [3.8, 4) is 0 Å². The predicted octanol–water partition coefficient (Wildman–Crippen LogP) is 0.324. The molecule has 1 rings (SSSR count). The predicted molar refractivity (Wildman–Crippen MR) is 51.5 cm³/mol. The van der Waals surface area contributed by atoms with E-state index < -0.39 is 15.6 Å². The Morgan fingerprint density at radius 3 is 2.38 bits per heavy atom. The van der Waals surface area contributed by atoms with E-state index in [4.69, 9.17) is 16.3 Å². The van der Waals surface area contributed by atoms with Crippen molar-refractivity contribution in [3.05, 3.63) is 0 Å². The lowest BCUT2D eigenvalue weighted by Gasteiger charge is -2.35. The van der Waals surface area contributed by atoms with Crippen LogP contribution in [0.3, 0.4) is 0 Å². The van der Waals surface area contributed by atoms with Crippen molar-refractivity contribution in [3.63, 3.8) is 0 Å². The summed E-state index contributed by atoms with van der Waals surface area (Å²) in [6.07, 6.45) is 2.43. The molecule has 0 saturated carbocycles. The Morgan fingerprint density at radius 1 is 1.46 bits per heavy atom. The first kappa shape index (κ1) is 11.2. The van der Waals surface area contributed by atoms with E-state index in [0.29, 0.717) is 31.9 Å². The summed E-state index contributed by atoms with van der Waals surface area (Å²) in [4.78, 5) is 0. The largest absolute Gasteiger partial charge is 0.381 e. The van der Waals surface area contributed by atoms with Gasteiger partial charge in [0.2, 0.25) is 10.0 Å². The second-order valence-electron chi connectivity index (χ2n) is 3.40. The lowest BCUT2D eigenvalue weighted by Crippen LogP contribution is -2.53. The van der Waals surface area contributed by atoms with Crippen LogP contribution >= 0.6 is 11.6 Å². The van der Waals surface area contributed by atoms with Crippen LogP contribution in [-0.2, 0) is 14.8 Å². The molecule has 1 N–H and O–H groups in total. The van der Waals surface area contributed by atoms with E-state index in [1.165, 1.54) is 0 Å². The molecule has 1 saturated heterocycles. The van der Waals surface area contributed by atoms with Gasteiger partial charge < -0.3 is 4.74 Å².